The molecule has 1 aliphatic carbocycles. The van der Waals surface area contributed by atoms with Crippen LogP contribution in [-0.2, 0) is 11.8 Å². The van der Waals surface area contributed by atoms with Crippen LogP contribution in [0.3, 0.4) is 0 Å². The highest BCUT2D eigenvalue weighted by atomic mass is 16.4. The lowest BCUT2D eigenvalue weighted by Crippen LogP contribution is -2.55. The molecule has 1 aliphatic rings. The van der Waals surface area contributed by atoms with Gasteiger partial charge in [0.1, 0.15) is 5.54 Å². The van der Waals surface area contributed by atoms with Crippen molar-refractivity contribution in [1.29, 1.82) is 0 Å². The van der Waals surface area contributed by atoms with Crippen LogP contribution in [-0.4, -0.2) is 42.9 Å². The van der Waals surface area contributed by atoms with Crippen molar-refractivity contribution in [3.8, 4) is 0 Å². The highest BCUT2D eigenvalue weighted by Gasteiger charge is 2.48. The summed E-state index contributed by atoms with van der Waals surface area (Å²) in [5.74, 6) is -1.05. The van der Waals surface area contributed by atoms with Gasteiger partial charge >= 0.3 is 12.0 Å². The standard InChI is InChI=1S/C9H14N6O3/c1-9(6(16)17,5-3-4-5)11-8(18)10-7-12-14-15(2)13-7/h5H,3-4H2,1-2H3,(H,16,17)(H2,10,11,13,18). The summed E-state index contributed by atoms with van der Waals surface area (Å²) >= 11 is 0. The number of carboxylic acids is 1. The highest BCUT2D eigenvalue weighted by molar-refractivity contribution is 5.92. The number of aryl methyl sites for hydroxylation is 1. The molecule has 0 radical (unpaired) electrons. The van der Waals surface area contributed by atoms with Gasteiger partial charge in [-0.15, -0.1) is 5.10 Å². The Labute approximate surface area is 103 Å². The van der Waals surface area contributed by atoms with Crippen molar-refractivity contribution < 1.29 is 14.7 Å². The number of nitrogens with zero attached hydrogens (tertiary/aromatic N) is 4. The number of nitrogens with one attached hydrogen (secondary N) is 2. The van der Waals surface area contributed by atoms with Gasteiger partial charge in [-0.3, -0.25) is 5.32 Å². The first-order chi connectivity index (χ1) is 8.41. The number of carbonyl (C=O) groups is 2. The molecule has 0 bridgehead atoms. The first kappa shape index (κ1) is 12.3. The van der Waals surface area contributed by atoms with Crippen LogP contribution in [0.5, 0.6) is 0 Å². The molecule has 2 rings (SSSR count). The monoisotopic (exact) mass is 254 g/mol. The third-order valence-corrected chi connectivity index (χ3v) is 2.94. The molecule has 1 heterocycles. The van der Waals surface area contributed by atoms with E-state index in [9.17, 15) is 14.7 Å². The van der Waals surface area contributed by atoms with E-state index in [0.717, 1.165) is 12.8 Å². The van der Waals surface area contributed by atoms with E-state index in [4.69, 9.17) is 0 Å². The minimum absolute atomic E-state index is 0.0264. The predicted molar refractivity (Wildman–Crippen MR) is 59.7 cm³/mol. The first-order valence-electron chi connectivity index (χ1n) is 5.48. The Morgan fingerprint density at radius 3 is 2.61 bits per heavy atom. The van der Waals surface area contributed by atoms with E-state index < -0.39 is 17.5 Å². The Morgan fingerprint density at radius 1 is 1.50 bits per heavy atom. The van der Waals surface area contributed by atoms with Gasteiger partial charge in [0, 0.05) is 0 Å². The van der Waals surface area contributed by atoms with Gasteiger partial charge in [-0.05, 0) is 30.9 Å². The number of anilines is 1. The van der Waals surface area contributed by atoms with E-state index in [-0.39, 0.29) is 11.9 Å². The maximum absolute atomic E-state index is 11.7. The summed E-state index contributed by atoms with van der Waals surface area (Å²) in [5, 5.41) is 24.8. The molecule has 1 unspecified atom stereocenters. The average molecular weight is 254 g/mol. The maximum atomic E-state index is 11.7. The quantitative estimate of drug-likeness (QED) is 0.671. The lowest BCUT2D eigenvalue weighted by molar-refractivity contribution is -0.144. The van der Waals surface area contributed by atoms with E-state index >= 15 is 0 Å². The number of hydrogen-bond donors (Lipinski definition) is 3. The molecule has 1 aromatic heterocycles. The van der Waals surface area contributed by atoms with Crippen LogP contribution in [0.2, 0.25) is 0 Å². The fourth-order valence-corrected chi connectivity index (χ4v) is 1.69. The molecule has 0 spiro atoms. The van der Waals surface area contributed by atoms with Crippen molar-refractivity contribution in [3.05, 3.63) is 0 Å². The maximum Gasteiger partial charge on any atom is 0.329 e. The number of hydrogen-bond acceptors (Lipinski definition) is 5. The smallest absolute Gasteiger partial charge is 0.329 e. The number of rotatable bonds is 4. The van der Waals surface area contributed by atoms with Crippen molar-refractivity contribution in [2.45, 2.75) is 25.3 Å². The number of carboxylic acid groups (broad SMARTS) is 1. The molecule has 18 heavy (non-hydrogen) atoms. The Kier molecular flexibility index (Phi) is 2.89. The van der Waals surface area contributed by atoms with Crippen molar-refractivity contribution in [1.82, 2.24) is 25.5 Å². The van der Waals surface area contributed by atoms with Gasteiger partial charge in [0.2, 0.25) is 0 Å². The van der Waals surface area contributed by atoms with Gasteiger partial charge in [-0.2, -0.15) is 4.80 Å². The summed E-state index contributed by atoms with van der Waals surface area (Å²) in [6, 6.07) is -0.653. The minimum atomic E-state index is -1.26. The SMILES string of the molecule is Cn1nnc(NC(=O)NC(C)(C(=O)O)C2CC2)n1. The van der Waals surface area contributed by atoms with Gasteiger partial charge in [0.05, 0.1) is 7.05 Å². The normalized spacial score (nSPS) is 17.9. The zero-order chi connectivity index (χ0) is 13.3. The molecule has 9 nitrogen and oxygen atoms in total. The fourth-order valence-electron chi connectivity index (χ4n) is 1.69. The zero-order valence-corrected chi connectivity index (χ0v) is 10.0. The van der Waals surface area contributed by atoms with E-state index in [0.29, 0.717) is 0 Å². The molecule has 0 aromatic carbocycles. The second kappa shape index (κ2) is 4.24. The Hall–Kier alpha value is -2.19. The number of amides is 2. The molecule has 1 atom stereocenters. The van der Waals surface area contributed by atoms with Crippen molar-refractivity contribution in [2.75, 3.05) is 5.32 Å². The molecule has 0 saturated heterocycles. The third-order valence-electron chi connectivity index (χ3n) is 2.94. The molecule has 98 valence electrons. The molecular weight excluding hydrogens is 240 g/mol. The van der Waals surface area contributed by atoms with Crippen molar-refractivity contribution in [2.24, 2.45) is 13.0 Å². The Bertz CT molecular complexity index is 482. The van der Waals surface area contributed by atoms with Gasteiger partial charge in [0.25, 0.3) is 5.95 Å². The summed E-state index contributed by atoms with van der Waals surface area (Å²) < 4.78 is 0. The predicted octanol–water partition coefficient (Wildman–Crippen LogP) is -0.415. The van der Waals surface area contributed by atoms with E-state index in [1.165, 1.54) is 11.7 Å². The summed E-state index contributed by atoms with van der Waals surface area (Å²) in [4.78, 5) is 24.1. The molecule has 9 heteroatoms. The van der Waals surface area contributed by atoms with Crippen molar-refractivity contribution in [3.63, 3.8) is 0 Å². The second-order valence-corrected chi connectivity index (χ2v) is 4.46. The fraction of sp³-hybridized carbons (Fsp3) is 0.667. The molecule has 1 aromatic rings. The number of aromatic nitrogens is 4. The van der Waals surface area contributed by atoms with Gasteiger partial charge in [0.15, 0.2) is 0 Å². The molecule has 1 saturated carbocycles. The molecular formula is C9H14N6O3. The third kappa shape index (κ3) is 2.39. The largest absolute Gasteiger partial charge is 0.480 e. The second-order valence-electron chi connectivity index (χ2n) is 4.46. The number of tetrazole rings is 1. The summed E-state index contributed by atoms with van der Waals surface area (Å²) in [6.07, 6.45) is 1.60. The van der Waals surface area contributed by atoms with E-state index in [1.807, 2.05) is 0 Å². The van der Waals surface area contributed by atoms with Crippen LogP contribution in [0, 0.1) is 5.92 Å². The van der Waals surface area contributed by atoms with Crippen LogP contribution in [0.15, 0.2) is 0 Å². The first-order valence-corrected chi connectivity index (χ1v) is 5.48. The summed E-state index contributed by atoms with van der Waals surface area (Å²) in [7, 11) is 1.56. The highest BCUT2D eigenvalue weighted by Crippen LogP contribution is 2.39. The van der Waals surface area contributed by atoms with E-state index in [2.05, 4.69) is 26.0 Å². The van der Waals surface area contributed by atoms with Gasteiger partial charge in [-0.25, -0.2) is 9.59 Å². The lowest BCUT2D eigenvalue weighted by atomic mass is 9.96. The van der Waals surface area contributed by atoms with Crippen LogP contribution in [0.4, 0.5) is 10.7 Å². The molecule has 2 amide bonds. The minimum Gasteiger partial charge on any atom is -0.480 e. The number of aliphatic carboxylic acids is 1. The summed E-state index contributed by atoms with van der Waals surface area (Å²) in [6.45, 7) is 1.50. The van der Waals surface area contributed by atoms with Crippen LogP contribution >= 0.6 is 0 Å². The Morgan fingerprint density at radius 2 is 2.17 bits per heavy atom. The van der Waals surface area contributed by atoms with E-state index in [1.54, 1.807) is 7.05 Å². The van der Waals surface area contributed by atoms with Crippen LogP contribution in [0.25, 0.3) is 0 Å². The van der Waals surface area contributed by atoms with Crippen LogP contribution in [0.1, 0.15) is 19.8 Å². The lowest BCUT2D eigenvalue weighted by Gasteiger charge is -2.25. The topological polar surface area (TPSA) is 122 Å². The molecule has 0 aliphatic heterocycles. The average Bonchev–Trinajstić information content (AvgIpc) is 3.04. The summed E-state index contributed by atoms with van der Waals surface area (Å²) in [5.41, 5.74) is -1.26. The number of carbonyl (C=O) groups excluding carboxylic acids is 1. The molecule has 1 fully saturated rings. The zero-order valence-electron chi connectivity index (χ0n) is 10.0. The van der Waals surface area contributed by atoms with Gasteiger partial charge in [-0.1, -0.05) is 5.10 Å². The van der Waals surface area contributed by atoms with Gasteiger partial charge < -0.3 is 10.4 Å². The molecule has 3 N–H and O–H groups in total. The Balaban J connectivity index is 1.99. The number of urea groups is 1. The van der Waals surface area contributed by atoms with Crippen LogP contribution < -0.4 is 10.6 Å². The van der Waals surface area contributed by atoms with Crippen molar-refractivity contribution >= 4 is 17.9 Å².